The largest absolute Gasteiger partial charge is 0.494 e. The van der Waals surface area contributed by atoms with Gasteiger partial charge in [-0.3, -0.25) is 14.4 Å². The van der Waals surface area contributed by atoms with Gasteiger partial charge < -0.3 is 25.4 Å². The summed E-state index contributed by atoms with van der Waals surface area (Å²) >= 11 is 0. The number of halogens is 1. The molecule has 3 N–H and O–H groups in total. The zero-order chi connectivity index (χ0) is 30.5. The van der Waals surface area contributed by atoms with Crippen LogP contribution in [0.2, 0.25) is 0 Å². The Hall–Kier alpha value is -4.45. The fourth-order valence-electron chi connectivity index (χ4n) is 6.00. The van der Waals surface area contributed by atoms with E-state index in [1.807, 2.05) is 0 Å². The summed E-state index contributed by atoms with van der Waals surface area (Å²) in [7, 11) is -2.42. The van der Waals surface area contributed by atoms with E-state index in [0.717, 1.165) is 5.56 Å². The second-order valence-electron chi connectivity index (χ2n) is 11.0. The minimum absolute atomic E-state index is 0.0334. The average molecular weight is 608 g/mol. The van der Waals surface area contributed by atoms with Gasteiger partial charge >= 0.3 is 5.97 Å². The van der Waals surface area contributed by atoms with Gasteiger partial charge in [-0.15, -0.1) is 0 Å². The Bertz CT molecular complexity index is 1740. The van der Waals surface area contributed by atoms with Crippen LogP contribution < -0.4 is 15.4 Å². The van der Waals surface area contributed by atoms with Crippen LogP contribution in [0.1, 0.15) is 58.4 Å². The highest BCUT2D eigenvalue weighted by atomic mass is 32.2. The minimum atomic E-state index is -3.72. The van der Waals surface area contributed by atoms with Gasteiger partial charge in [0, 0.05) is 24.3 Å². The Kier molecular flexibility index (Phi) is 7.33. The van der Waals surface area contributed by atoms with Crippen molar-refractivity contribution in [1.29, 1.82) is 0 Å². The third-order valence-electron chi connectivity index (χ3n) is 8.37. The summed E-state index contributed by atoms with van der Waals surface area (Å²) in [5, 5.41) is 15.6. The van der Waals surface area contributed by atoms with Crippen LogP contribution in [0.4, 0.5) is 10.1 Å². The number of hydrogen-bond acceptors (Lipinski definition) is 7. The molecule has 12 heteroatoms. The van der Waals surface area contributed by atoms with Gasteiger partial charge in [-0.2, -0.15) is 0 Å². The molecule has 224 valence electrons. The maximum absolute atomic E-state index is 14.5. The van der Waals surface area contributed by atoms with Gasteiger partial charge in [-0.05, 0) is 66.3 Å². The molecule has 1 saturated heterocycles. The molecule has 2 heterocycles. The third kappa shape index (κ3) is 5.20. The number of benzene rings is 3. The summed E-state index contributed by atoms with van der Waals surface area (Å²) in [6.07, 6.45) is 1.18. The number of aliphatic carboxylic acids is 1. The zero-order valence-electron chi connectivity index (χ0n) is 23.2. The molecule has 0 spiro atoms. The van der Waals surface area contributed by atoms with Crippen LogP contribution in [0.25, 0.3) is 0 Å². The van der Waals surface area contributed by atoms with Crippen molar-refractivity contribution in [3.05, 3.63) is 88.7 Å². The SMILES string of the molecule is COc1cc([C@@H](Nc2ccc3c(c2)C(=O)NC3)C(=O)N2CC[C@H](C(=O)O)[C@@H]2c2ccccc2S(=O)(=O)C2CC2)ccc1F. The number of anilines is 1. The van der Waals surface area contributed by atoms with Gasteiger partial charge in [0.1, 0.15) is 6.04 Å². The predicted molar refractivity (Wildman–Crippen MR) is 154 cm³/mol. The van der Waals surface area contributed by atoms with Crippen molar-refractivity contribution in [3.8, 4) is 5.75 Å². The van der Waals surface area contributed by atoms with E-state index >= 15 is 0 Å². The molecular weight excluding hydrogens is 577 g/mol. The molecule has 1 aliphatic carbocycles. The highest BCUT2D eigenvalue weighted by Gasteiger charge is 2.47. The fourth-order valence-corrected chi connectivity index (χ4v) is 7.90. The number of amides is 2. The van der Waals surface area contributed by atoms with E-state index in [-0.39, 0.29) is 35.1 Å². The molecule has 3 aromatic rings. The van der Waals surface area contributed by atoms with Crippen molar-refractivity contribution in [2.45, 2.75) is 48.0 Å². The summed E-state index contributed by atoms with van der Waals surface area (Å²) in [6.45, 7) is 0.447. The van der Waals surface area contributed by atoms with Gasteiger partial charge in [0.15, 0.2) is 21.4 Å². The molecule has 1 saturated carbocycles. The van der Waals surface area contributed by atoms with Crippen molar-refractivity contribution in [2.75, 3.05) is 19.0 Å². The number of carboxylic acid groups (broad SMARTS) is 1. The summed E-state index contributed by atoms with van der Waals surface area (Å²) in [5.41, 5.74) is 2.30. The second-order valence-corrected chi connectivity index (χ2v) is 13.2. The fraction of sp³-hybridized carbons (Fsp3) is 0.323. The first kappa shape index (κ1) is 28.7. The molecule has 0 bridgehead atoms. The van der Waals surface area contributed by atoms with E-state index in [0.29, 0.717) is 36.2 Å². The molecule has 43 heavy (non-hydrogen) atoms. The zero-order valence-corrected chi connectivity index (χ0v) is 24.1. The summed E-state index contributed by atoms with van der Waals surface area (Å²) in [6, 6.07) is 13.2. The Morgan fingerprint density at radius 1 is 1.09 bits per heavy atom. The normalized spacial score (nSPS) is 20.3. The van der Waals surface area contributed by atoms with Crippen molar-refractivity contribution >= 4 is 33.3 Å². The highest BCUT2D eigenvalue weighted by molar-refractivity contribution is 7.92. The molecule has 2 fully saturated rings. The molecule has 0 radical (unpaired) electrons. The molecule has 3 aliphatic rings. The van der Waals surface area contributed by atoms with E-state index in [2.05, 4.69) is 10.6 Å². The van der Waals surface area contributed by atoms with E-state index < -0.39 is 50.8 Å². The van der Waals surface area contributed by atoms with Gasteiger partial charge in [0.25, 0.3) is 5.91 Å². The van der Waals surface area contributed by atoms with E-state index in [4.69, 9.17) is 4.74 Å². The third-order valence-corrected chi connectivity index (χ3v) is 10.7. The molecular formula is C31H30FN3O7S. The van der Waals surface area contributed by atoms with E-state index in [9.17, 15) is 32.3 Å². The maximum Gasteiger partial charge on any atom is 0.309 e. The summed E-state index contributed by atoms with van der Waals surface area (Å²) in [5.74, 6) is -3.69. The molecule has 0 unspecified atom stereocenters. The van der Waals surface area contributed by atoms with E-state index in [1.54, 1.807) is 36.4 Å². The van der Waals surface area contributed by atoms with Gasteiger partial charge in [-0.1, -0.05) is 30.3 Å². The standard InChI is InChI=1S/C31H30FN3O7S/c1-42-25-14-17(7-11-24(25)32)27(34-19-8-6-18-16-33-29(36)23(18)15-19)30(37)35-13-12-22(31(38)39)28(35)21-4-2-3-5-26(21)43(40,41)20-9-10-20/h2-8,11,14-15,20,22,27-28,34H,9-10,12-13,16H2,1H3,(H,33,36)(H,38,39)/t22-,27+,28-/m0/s1. The first-order valence-electron chi connectivity index (χ1n) is 14.0. The van der Waals surface area contributed by atoms with E-state index in [1.165, 1.54) is 36.3 Å². The number of likely N-dealkylation sites (tertiary alicyclic amines) is 1. The highest BCUT2D eigenvalue weighted by Crippen LogP contribution is 2.44. The van der Waals surface area contributed by atoms with Crippen LogP contribution in [-0.2, 0) is 26.0 Å². The molecule has 2 amide bonds. The number of ether oxygens (including phenoxy) is 1. The van der Waals surface area contributed by atoms with Gasteiger partial charge in [0.05, 0.1) is 29.2 Å². The Morgan fingerprint density at radius 2 is 1.86 bits per heavy atom. The number of methoxy groups -OCH3 is 1. The number of sulfone groups is 1. The van der Waals surface area contributed by atoms with Crippen LogP contribution in [0.5, 0.6) is 5.75 Å². The minimum Gasteiger partial charge on any atom is -0.494 e. The summed E-state index contributed by atoms with van der Waals surface area (Å²) in [4.78, 5) is 40.7. The van der Waals surface area contributed by atoms with Crippen molar-refractivity contribution in [1.82, 2.24) is 10.2 Å². The predicted octanol–water partition coefficient (Wildman–Crippen LogP) is 3.84. The van der Waals surface area contributed by atoms with Gasteiger partial charge in [-0.25, -0.2) is 12.8 Å². The Balaban J connectivity index is 1.43. The molecule has 0 aromatic heterocycles. The van der Waals surface area contributed by atoms with Crippen molar-refractivity contribution < 1.29 is 37.0 Å². The lowest BCUT2D eigenvalue weighted by molar-refractivity contribution is -0.143. The second kappa shape index (κ2) is 11.0. The van der Waals surface area contributed by atoms with Crippen molar-refractivity contribution in [3.63, 3.8) is 0 Å². The lowest BCUT2D eigenvalue weighted by atomic mass is 9.93. The molecule has 3 aromatic carbocycles. The number of hydrogen-bond donors (Lipinski definition) is 3. The van der Waals surface area contributed by atoms with Gasteiger partial charge in [0.2, 0.25) is 5.91 Å². The number of rotatable bonds is 9. The van der Waals surface area contributed by atoms with Crippen LogP contribution in [0.15, 0.2) is 65.6 Å². The topological polar surface area (TPSA) is 142 Å². The summed E-state index contributed by atoms with van der Waals surface area (Å²) < 4.78 is 46.4. The Morgan fingerprint density at radius 3 is 2.58 bits per heavy atom. The molecule has 2 aliphatic heterocycles. The number of carbonyl (C=O) groups excluding carboxylic acids is 2. The molecule has 6 rings (SSSR count). The molecule has 10 nitrogen and oxygen atoms in total. The van der Waals surface area contributed by atoms with Crippen LogP contribution in [0, 0.1) is 11.7 Å². The van der Waals surface area contributed by atoms with Crippen LogP contribution in [0.3, 0.4) is 0 Å². The number of nitrogens with one attached hydrogen (secondary N) is 2. The van der Waals surface area contributed by atoms with Crippen LogP contribution >= 0.6 is 0 Å². The number of fused-ring (bicyclic) bond motifs is 1. The number of carbonyl (C=O) groups is 3. The molecule has 3 atom stereocenters. The van der Waals surface area contributed by atoms with Crippen molar-refractivity contribution in [2.24, 2.45) is 5.92 Å². The average Bonchev–Trinajstić information content (AvgIpc) is 3.68. The lowest BCUT2D eigenvalue weighted by Gasteiger charge is -2.32. The maximum atomic E-state index is 14.5. The quantitative estimate of drug-likeness (QED) is 0.333. The number of carboxylic acids is 1. The van der Waals surface area contributed by atoms with Crippen LogP contribution in [-0.4, -0.2) is 55.1 Å². The first-order valence-corrected chi connectivity index (χ1v) is 15.5. The Labute approximate surface area is 247 Å². The number of nitrogens with zero attached hydrogens (tertiary/aromatic N) is 1. The lowest BCUT2D eigenvalue weighted by Crippen LogP contribution is -2.40. The first-order chi connectivity index (χ1) is 20.6. The smallest absolute Gasteiger partial charge is 0.309 e. The monoisotopic (exact) mass is 607 g/mol.